The van der Waals surface area contributed by atoms with Gasteiger partial charge in [-0.15, -0.1) is 0 Å². The number of hydrogen-bond donors (Lipinski definition) is 1. The molecule has 2 rings (SSSR count). The Kier molecular flexibility index (Phi) is 4.92. The number of anilines is 1. The molecule has 0 radical (unpaired) electrons. The largest absolute Gasteiger partial charge is 0.367 e. The zero-order chi connectivity index (χ0) is 12.1. The highest BCUT2D eigenvalue weighted by Gasteiger charge is 2.13. The Balaban J connectivity index is 2.03. The van der Waals surface area contributed by atoms with E-state index in [1.807, 2.05) is 12.3 Å². The molecule has 1 aliphatic carbocycles. The zero-order valence-corrected chi connectivity index (χ0v) is 11.7. The van der Waals surface area contributed by atoms with Gasteiger partial charge in [-0.05, 0) is 19.1 Å². The van der Waals surface area contributed by atoms with E-state index in [-0.39, 0.29) is 0 Å². The van der Waals surface area contributed by atoms with Crippen LogP contribution in [0.25, 0.3) is 0 Å². The average molecular weight is 272 g/mol. The van der Waals surface area contributed by atoms with Gasteiger partial charge in [-0.2, -0.15) is 0 Å². The highest BCUT2D eigenvalue weighted by molar-refractivity contribution is 7.98. The van der Waals surface area contributed by atoms with Gasteiger partial charge < -0.3 is 5.32 Å². The topological polar surface area (TPSA) is 37.8 Å². The standard InChI is InChI=1S/C12H18ClN3S/c1-17-12-15-10(13)8-11(16-12)14-9-6-4-2-3-5-7-9/h8-9H,2-7H2,1H3,(H,14,15,16). The summed E-state index contributed by atoms with van der Waals surface area (Å²) in [5, 5.41) is 4.73. The van der Waals surface area contributed by atoms with Crippen LogP contribution in [-0.4, -0.2) is 22.3 Å². The first kappa shape index (κ1) is 13.0. The number of rotatable bonds is 3. The van der Waals surface area contributed by atoms with Gasteiger partial charge >= 0.3 is 0 Å². The lowest BCUT2D eigenvalue weighted by Gasteiger charge is -2.17. The predicted molar refractivity (Wildman–Crippen MR) is 73.9 cm³/mol. The molecule has 1 saturated carbocycles. The van der Waals surface area contributed by atoms with Gasteiger partial charge in [0.1, 0.15) is 11.0 Å². The van der Waals surface area contributed by atoms with Crippen molar-refractivity contribution in [2.24, 2.45) is 0 Å². The van der Waals surface area contributed by atoms with E-state index in [1.54, 1.807) is 0 Å². The highest BCUT2D eigenvalue weighted by Crippen LogP contribution is 2.22. The van der Waals surface area contributed by atoms with Crippen LogP contribution in [0.3, 0.4) is 0 Å². The van der Waals surface area contributed by atoms with E-state index < -0.39 is 0 Å². The van der Waals surface area contributed by atoms with Gasteiger partial charge in [0.25, 0.3) is 0 Å². The summed E-state index contributed by atoms with van der Waals surface area (Å²) in [5.74, 6) is 0.862. The molecule has 17 heavy (non-hydrogen) atoms. The summed E-state index contributed by atoms with van der Waals surface area (Å²) in [4.78, 5) is 8.57. The minimum absolute atomic E-state index is 0.514. The third-order valence-electron chi connectivity index (χ3n) is 3.06. The van der Waals surface area contributed by atoms with E-state index in [4.69, 9.17) is 11.6 Å². The van der Waals surface area contributed by atoms with Crippen molar-refractivity contribution in [1.82, 2.24) is 9.97 Å². The van der Waals surface area contributed by atoms with E-state index >= 15 is 0 Å². The number of hydrogen-bond acceptors (Lipinski definition) is 4. The third kappa shape index (κ3) is 4.03. The fourth-order valence-electron chi connectivity index (χ4n) is 2.19. The second-order valence-corrected chi connectivity index (χ2v) is 5.56. The Bertz CT molecular complexity index is 365. The molecule has 1 aromatic heterocycles. The molecule has 0 bridgehead atoms. The van der Waals surface area contributed by atoms with Crippen molar-refractivity contribution in [3.8, 4) is 0 Å². The summed E-state index contributed by atoms with van der Waals surface area (Å²) in [6.45, 7) is 0. The first-order valence-electron chi connectivity index (χ1n) is 6.13. The summed E-state index contributed by atoms with van der Waals surface area (Å²) >= 11 is 7.49. The molecule has 1 N–H and O–H groups in total. The molecule has 0 aromatic carbocycles. The maximum absolute atomic E-state index is 5.97. The van der Waals surface area contributed by atoms with Crippen LogP contribution in [-0.2, 0) is 0 Å². The molecule has 94 valence electrons. The monoisotopic (exact) mass is 271 g/mol. The molecule has 0 spiro atoms. The van der Waals surface area contributed by atoms with Gasteiger partial charge in [0.2, 0.25) is 0 Å². The van der Waals surface area contributed by atoms with Crippen molar-refractivity contribution < 1.29 is 0 Å². The summed E-state index contributed by atoms with van der Waals surface area (Å²) in [6, 6.07) is 2.35. The Morgan fingerprint density at radius 2 is 1.94 bits per heavy atom. The minimum atomic E-state index is 0.514. The molecule has 1 aromatic rings. The van der Waals surface area contributed by atoms with Crippen molar-refractivity contribution in [3.05, 3.63) is 11.2 Å². The molecule has 0 atom stereocenters. The van der Waals surface area contributed by atoms with Gasteiger partial charge in [-0.1, -0.05) is 49.0 Å². The number of aromatic nitrogens is 2. The Morgan fingerprint density at radius 3 is 2.59 bits per heavy atom. The molecule has 0 aliphatic heterocycles. The Hall–Kier alpha value is -0.480. The number of nitrogens with zero attached hydrogens (tertiary/aromatic N) is 2. The van der Waals surface area contributed by atoms with Crippen LogP contribution < -0.4 is 5.32 Å². The number of thioether (sulfide) groups is 1. The average Bonchev–Trinajstić information content (AvgIpc) is 2.57. The van der Waals surface area contributed by atoms with Gasteiger partial charge in [0.15, 0.2) is 5.16 Å². The number of nitrogens with one attached hydrogen (secondary N) is 1. The zero-order valence-electron chi connectivity index (χ0n) is 10.1. The molecule has 0 saturated heterocycles. The Morgan fingerprint density at radius 1 is 1.24 bits per heavy atom. The van der Waals surface area contributed by atoms with Crippen LogP contribution in [0.15, 0.2) is 11.2 Å². The molecule has 1 fully saturated rings. The van der Waals surface area contributed by atoms with Crippen LogP contribution in [0.2, 0.25) is 5.15 Å². The Labute approximate surface area is 112 Å². The molecule has 0 amide bonds. The van der Waals surface area contributed by atoms with Crippen molar-refractivity contribution >= 4 is 29.2 Å². The molecule has 5 heteroatoms. The summed E-state index contributed by atoms with van der Waals surface area (Å²) in [6.07, 6.45) is 9.77. The maximum Gasteiger partial charge on any atom is 0.190 e. The molecular formula is C12H18ClN3S. The molecule has 0 unspecified atom stereocenters. The fourth-order valence-corrected chi connectivity index (χ4v) is 2.81. The van der Waals surface area contributed by atoms with E-state index in [0.717, 1.165) is 11.0 Å². The highest BCUT2D eigenvalue weighted by atomic mass is 35.5. The number of halogens is 1. The summed E-state index contributed by atoms with van der Waals surface area (Å²) in [5.41, 5.74) is 0. The van der Waals surface area contributed by atoms with Crippen molar-refractivity contribution in [3.63, 3.8) is 0 Å². The van der Waals surface area contributed by atoms with Crippen molar-refractivity contribution in [2.45, 2.75) is 49.7 Å². The first-order valence-corrected chi connectivity index (χ1v) is 7.73. The SMILES string of the molecule is CSc1nc(Cl)cc(NC2CCCCCC2)n1. The van der Waals surface area contributed by atoms with Crippen molar-refractivity contribution in [1.29, 1.82) is 0 Å². The van der Waals surface area contributed by atoms with E-state index in [2.05, 4.69) is 15.3 Å². The lowest BCUT2D eigenvalue weighted by molar-refractivity contribution is 0.616. The second kappa shape index (κ2) is 6.45. The van der Waals surface area contributed by atoms with Crippen LogP contribution in [0.4, 0.5) is 5.82 Å². The van der Waals surface area contributed by atoms with Crippen LogP contribution in [0.5, 0.6) is 0 Å². The summed E-state index contributed by atoms with van der Waals surface area (Å²) in [7, 11) is 0. The molecule has 1 heterocycles. The summed E-state index contributed by atoms with van der Waals surface area (Å²) < 4.78 is 0. The second-order valence-electron chi connectivity index (χ2n) is 4.40. The van der Waals surface area contributed by atoms with Gasteiger partial charge in [0, 0.05) is 12.1 Å². The van der Waals surface area contributed by atoms with E-state index in [0.29, 0.717) is 11.2 Å². The smallest absolute Gasteiger partial charge is 0.190 e. The van der Waals surface area contributed by atoms with E-state index in [1.165, 1.54) is 50.3 Å². The minimum Gasteiger partial charge on any atom is -0.367 e. The molecular weight excluding hydrogens is 254 g/mol. The van der Waals surface area contributed by atoms with Gasteiger partial charge in [-0.3, -0.25) is 0 Å². The van der Waals surface area contributed by atoms with Crippen LogP contribution >= 0.6 is 23.4 Å². The van der Waals surface area contributed by atoms with Crippen LogP contribution in [0, 0.1) is 0 Å². The third-order valence-corrected chi connectivity index (χ3v) is 3.81. The maximum atomic E-state index is 5.97. The molecule has 1 aliphatic rings. The molecule has 3 nitrogen and oxygen atoms in total. The quantitative estimate of drug-likeness (QED) is 0.390. The predicted octanol–water partition coefficient (Wildman–Crippen LogP) is 3.99. The lowest BCUT2D eigenvalue weighted by Crippen LogP contribution is -2.19. The van der Waals surface area contributed by atoms with Gasteiger partial charge in [-0.25, -0.2) is 9.97 Å². The van der Waals surface area contributed by atoms with Crippen LogP contribution in [0.1, 0.15) is 38.5 Å². The fraction of sp³-hybridized carbons (Fsp3) is 0.667. The normalized spacial score (nSPS) is 17.8. The first-order chi connectivity index (χ1) is 8.28. The van der Waals surface area contributed by atoms with E-state index in [9.17, 15) is 0 Å². The van der Waals surface area contributed by atoms with Gasteiger partial charge in [0.05, 0.1) is 0 Å². The van der Waals surface area contributed by atoms with Crippen molar-refractivity contribution in [2.75, 3.05) is 11.6 Å². The lowest BCUT2D eigenvalue weighted by atomic mass is 10.1.